The monoisotopic (exact) mass is 311 g/mol. The molecule has 1 atom stereocenters. The lowest BCUT2D eigenvalue weighted by Crippen LogP contribution is -2.04. The Hall–Kier alpha value is -1.79. The summed E-state index contributed by atoms with van der Waals surface area (Å²) in [6, 6.07) is 8.13. The second-order valence-electron chi connectivity index (χ2n) is 4.41. The number of rotatable bonds is 5. The summed E-state index contributed by atoms with van der Waals surface area (Å²) in [6.45, 7) is 0.276. The largest absolute Gasteiger partial charge is 0.496 e. The fourth-order valence-corrected chi connectivity index (χ4v) is 3.13. The van der Waals surface area contributed by atoms with Crippen LogP contribution in [0, 0.1) is 11.6 Å². The summed E-state index contributed by atoms with van der Waals surface area (Å²) in [5.41, 5.74) is 7.11. The first kappa shape index (κ1) is 15.6. The van der Waals surface area contributed by atoms with Crippen molar-refractivity contribution in [3.8, 4) is 5.75 Å². The zero-order valence-electron chi connectivity index (χ0n) is 11.4. The molecule has 0 aliphatic heterocycles. The van der Waals surface area contributed by atoms with E-state index < -0.39 is 22.4 Å². The van der Waals surface area contributed by atoms with Crippen LogP contribution in [0.3, 0.4) is 0 Å². The number of hydrogen-bond acceptors (Lipinski definition) is 3. The standard InChI is InChI=1S/C15H15F2NO2S/c1-20-14-5-2-10(6-11(14)8-18)9-21(19)15-7-12(16)3-4-13(15)17/h2-7H,8-9,18H2,1H3. The van der Waals surface area contributed by atoms with Crippen LogP contribution in [0.25, 0.3) is 0 Å². The lowest BCUT2D eigenvalue weighted by Gasteiger charge is -2.09. The molecule has 21 heavy (non-hydrogen) atoms. The molecule has 2 N–H and O–H groups in total. The number of methoxy groups -OCH3 is 1. The van der Waals surface area contributed by atoms with Crippen molar-refractivity contribution in [3.05, 3.63) is 59.2 Å². The van der Waals surface area contributed by atoms with Crippen LogP contribution in [0.4, 0.5) is 8.78 Å². The van der Waals surface area contributed by atoms with Crippen LogP contribution in [-0.4, -0.2) is 11.3 Å². The Kier molecular flexibility index (Phi) is 5.03. The maximum absolute atomic E-state index is 13.6. The van der Waals surface area contributed by atoms with Gasteiger partial charge in [-0.25, -0.2) is 8.78 Å². The average Bonchev–Trinajstić information content (AvgIpc) is 2.49. The zero-order valence-corrected chi connectivity index (χ0v) is 12.3. The molecule has 6 heteroatoms. The molecule has 1 unspecified atom stereocenters. The third-order valence-electron chi connectivity index (χ3n) is 3.00. The Balaban J connectivity index is 2.25. The Morgan fingerprint density at radius 3 is 2.62 bits per heavy atom. The zero-order chi connectivity index (χ0) is 15.4. The minimum Gasteiger partial charge on any atom is -0.496 e. The Labute approximate surface area is 124 Å². The van der Waals surface area contributed by atoms with E-state index in [0.29, 0.717) is 5.75 Å². The summed E-state index contributed by atoms with van der Waals surface area (Å²) in [4.78, 5) is -0.139. The van der Waals surface area contributed by atoms with Crippen LogP contribution in [0.5, 0.6) is 5.75 Å². The molecular formula is C15H15F2NO2S. The van der Waals surface area contributed by atoms with Gasteiger partial charge in [0, 0.05) is 12.1 Å². The molecule has 0 radical (unpaired) electrons. The van der Waals surface area contributed by atoms with Gasteiger partial charge in [-0.05, 0) is 35.9 Å². The van der Waals surface area contributed by atoms with Crippen molar-refractivity contribution in [1.29, 1.82) is 0 Å². The quantitative estimate of drug-likeness (QED) is 0.924. The molecule has 0 saturated carbocycles. The highest BCUT2D eigenvalue weighted by atomic mass is 32.2. The minimum absolute atomic E-state index is 0.0807. The van der Waals surface area contributed by atoms with E-state index in [9.17, 15) is 13.0 Å². The van der Waals surface area contributed by atoms with Crippen molar-refractivity contribution in [3.63, 3.8) is 0 Å². The van der Waals surface area contributed by atoms with Crippen molar-refractivity contribution < 1.29 is 17.7 Å². The molecule has 2 aromatic carbocycles. The van der Waals surface area contributed by atoms with Crippen LogP contribution >= 0.6 is 0 Å². The number of ether oxygens (including phenoxy) is 1. The lowest BCUT2D eigenvalue weighted by atomic mass is 10.1. The number of hydrogen-bond donors (Lipinski definition) is 1. The summed E-state index contributed by atoms with van der Waals surface area (Å²) in [7, 11) is -0.136. The molecule has 112 valence electrons. The molecule has 0 bridgehead atoms. The molecule has 0 aliphatic carbocycles. The Bertz CT molecular complexity index is 677. The molecule has 0 aliphatic rings. The smallest absolute Gasteiger partial charge is 0.139 e. The highest BCUT2D eigenvalue weighted by Gasteiger charge is 2.13. The van der Waals surface area contributed by atoms with Crippen molar-refractivity contribution in [2.45, 2.75) is 17.2 Å². The van der Waals surface area contributed by atoms with E-state index in [1.165, 1.54) is 7.11 Å². The Morgan fingerprint density at radius 1 is 1.19 bits per heavy atom. The predicted molar refractivity (Wildman–Crippen MR) is 77.4 cm³/mol. The van der Waals surface area contributed by atoms with Crippen LogP contribution in [0.2, 0.25) is 0 Å². The first-order valence-electron chi connectivity index (χ1n) is 6.24. The summed E-state index contributed by atoms with van der Waals surface area (Å²) >= 11 is 0. The van der Waals surface area contributed by atoms with Crippen LogP contribution in [0.15, 0.2) is 41.3 Å². The third kappa shape index (κ3) is 3.65. The molecule has 0 aromatic heterocycles. The molecule has 0 spiro atoms. The molecule has 3 nitrogen and oxygen atoms in total. The molecule has 2 aromatic rings. The normalized spacial score (nSPS) is 12.2. The van der Waals surface area contributed by atoms with Gasteiger partial charge in [0.15, 0.2) is 0 Å². The fourth-order valence-electron chi connectivity index (χ4n) is 1.96. The summed E-state index contributed by atoms with van der Waals surface area (Å²) in [5.74, 6) is -0.569. The predicted octanol–water partition coefficient (Wildman–Crippen LogP) is 2.74. The van der Waals surface area contributed by atoms with Gasteiger partial charge in [-0.3, -0.25) is 4.21 Å². The van der Waals surface area contributed by atoms with Gasteiger partial charge < -0.3 is 10.5 Å². The summed E-state index contributed by atoms with van der Waals surface area (Å²) in [5, 5.41) is 0. The van der Waals surface area contributed by atoms with E-state index in [1.54, 1.807) is 18.2 Å². The van der Waals surface area contributed by atoms with E-state index in [4.69, 9.17) is 10.5 Å². The number of halogens is 2. The summed E-state index contributed by atoms with van der Waals surface area (Å²) in [6.07, 6.45) is 0. The van der Waals surface area contributed by atoms with E-state index in [0.717, 1.165) is 29.3 Å². The molecule has 2 rings (SSSR count). The van der Waals surface area contributed by atoms with Gasteiger partial charge in [-0.15, -0.1) is 0 Å². The van der Waals surface area contributed by atoms with Crippen molar-refractivity contribution in [2.24, 2.45) is 5.73 Å². The molecule has 0 heterocycles. The van der Waals surface area contributed by atoms with Gasteiger partial charge in [0.1, 0.15) is 17.4 Å². The first-order chi connectivity index (χ1) is 10.0. The van der Waals surface area contributed by atoms with Gasteiger partial charge >= 0.3 is 0 Å². The molecule has 0 saturated heterocycles. The second kappa shape index (κ2) is 6.78. The second-order valence-corrected chi connectivity index (χ2v) is 5.83. The number of benzene rings is 2. The highest BCUT2D eigenvalue weighted by molar-refractivity contribution is 7.84. The van der Waals surface area contributed by atoms with Gasteiger partial charge in [0.2, 0.25) is 0 Å². The first-order valence-corrected chi connectivity index (χ1v) is 7.56. The molecule has 0 amide bonds. The highest BCUT2D eigenvalue weighted by Crippen LogP contribution is 2.22. The minimum atomic E-state index is -1.67. The molecular weight excluding hydrogens is 296 g/mol. The van der Waals surface area contributed by atoms with E-state index in [-0.39, 0.29) is 17.2 Å². The average molecular weight is 311 g/mol. The maximum atomic E-state index is 13.6. The lowest BCUT2D eigenvalue weighted by molar-refractivity contribution is 0.409. The summed E-state index contributed by atoms with van der Waals surface area (Å²) < 4.78 is 44.1. The topological polar surface area (TPSA) is 52.3 Å². The van der Waals surface area contributed by atoms with Crippen LogP contribution in [0.1, 0.15) is 11.1 Å². The van der Waals surface area contributed by atoms with Gasteiger partial charge in [-0.1, -0.05) is 6.07 Å². The van der Waals surface area contributed by atoms with Gasteiger partial charge in [-0.2, -0.15) is 0 Å². The van der Waals surface area contributed by atoms with Gasteiger partial charge in [0.25, 0.3) is 0 Å². The van der Waals surface area contributed by atoms with Gasteiger partial charge in [0.05, 0.1) is 28.6 Å². The van der Waals surface area contributed by atoms with E-state index in [1.807, 2.05) is 0 Å². The third-order valence-corrected chi connectivity index (χ3v) is 4.40. The van der Waals surface area contributed by atoms with E-state index in [2.05, 4.69) is 0 Å². The Morgan fingerprint density at radius 2 is 1.95 bits per heavy atom. The number of nitrogens with two attached hydrogens (primary N) is 1. The van der Waals surface area contributed by atoms with Crippen molar-refractivity contribution in [2.75, 3.05) is 7.11 Å². The van der Waals surface area contributed by atoms with Crippen molar-refractivity contribution >= 4 is 10.8 Å². The maximum Gasteiger partial charge on any atom is 0.139 e. The fraction of sp³-hybridized carbons (Fsp3) is 0.200. The van der Waals surface area contributed by atoms with Crippen molar-refractivity contribution in [1.82, 2.24) is 0 Å². The van der Waals surface area contributed by atoms with E-state index >= 15 is 0 Å². The molecule has 0 fully saturated rings. The van der Waals surface area contributed by atoms with Crippen LogP contribution in [-0.2, 0) is 23.1 Å². The SMILES string of the molecule is COc1ccc(CS(=O)c2cc(F)ccc2F)cc1CN. The van der Waals surface area contributed by atoms with Crippen LogP contribution < -0.4 is 10.5 Å².